The van der Waals surface area contributed by atoms with Crippen LogP contribution in [0.25, 0.3) is 22.1 Å². The van der Waals surface area contributed by atoms with Gasteiger partial charge in [-0.05, 0) is 71.6 Å². The van der Waals surface area contributed by atoms with Gasteiger partial charge in [-0.3, -0.25) is 0 Å². The van der Waals surface area contributed by atoms with E-state index in [9.17, 15) is 13.2 Å². The van der Waals surface area contributed by atoms with Crippen LogP contribution in [0.5, 0.6) is 11.6 Å². The second-order valence-electron chi connectivity index (χ2n) is 6.63. The van der Waals surface area contributed by atoms with Crippen molar-refractivity contribution in [2.45, 2.75) is 26.8 Å². The zero-order valence-electron chi connectivity index (χ0n) is 16.0. The number of ether oxygens (including phenoxy) is 2. The van der Waals surface area contributed by atoms with Gasteiger partial charge in [-0.25, -0.2) is 9.97 Å². The maximum atomic E-state index is 12.5. The van der Waals surface area contributed by atoms with Gasteiger partial charge in [0.25, 0.3) is 5.88 Å². The molecule has 4 aromatic rings. The highest BCUT2D eigenvalue weighted by molar-refractivity contribution is 5.89. The Balaban J connectivity index is 1.67. The van der Waals surface area contributed by atoms with Crippen LogP contribution in [0.15, 0.2) is 53.3 Å². The number of aryl methyl sites for hydroxylation is 2. The van der Waals surface area contributed by atoms with Gasteiger partial charge in [-0.1, -0.05) is 6.07 Å². The van der Waals surface area contributed by atoms with Crippen molar-refractivity contribution in [3.8, 4) is 22.8 Å². The van der Waals surface area contributed by atoms with E-state index >= 15 is 0 Å². The molecule has 2 aromatic heterocycles. The first-order valence-electron chi connectivity index (χ1n) is 8.95. The molecule has 6 nitrogen and oxygen atoms in total. The summed E-state index contributed by atoms with van der Waals surface area (Å²) in [7, 11) is 0. The van der Waals surface area contributed by atoms with Gasteiger partial charge in [-0.15, -0.1) is 13.2 Å². The van der Waals surface area contributed by atoms with Crippen LogP contribution in [0.3, 0.4) is 0 Å². The van der Waals surface area contributed by atoms with Crippen molar-refractivity contribution < 1.29 is 27.2 Å². The quantitative estimate of drug-likeness (QED) is 0.436. The second kappa shape index (κ2) is 7.66. The lowest BCUT2D eigenvalue weighted by Crippen LogP contribution is -2.17. The van der Waals surface area contributed by atoms with Gasteiger partial charge in [-0.2, -0.15) is 0 Å². The summed E-state index contributed by atoms with van der Waals surface area (Å²) in [6.07, 6.45) is -1.51. The molecule has 0 amide bonds. The lowest BCUT2D eigenvalue weighted by Gasteiger charge is -2.13. The van der Waals surface area contributed by atoms with Crippen LogP contribution in [0.2, 0.25) is 0 Å². The van der Waals surface area contributed by atoms with Crippen LogP contribution < -0.4 is 9.47 Å². The van der Waals surface area contributed by atoms with Crippen molar-refractivity contribution >= 4 is 11.0 Å². The fourth-order valence-electron chi connectivity index (χ4n) is 3.13. The Morgan fingerprint density at radius 2 is 1.70 bits per heavy atom. The van der Waals surface area contributed by atoms with Crippen molar-refractivity contribution in [2.75, 3.05) is 0 Å². The number of alkyl halides is 3. The molecule has 0 aliphatic rings. The Hall–Kier alpha value is -3.62. The van der Waals surface area contributed by atoms with Gasteiger partial charge < -0.3 is 14.0 Å². The Bertz CT molecular complexity index is 1190. The smallest absolute Gasteiger partial charge is 0.467 e. The average Bonchev–Trinajstić information content (AvgIpc) is 3.07. The lowest BCUT2D eigenvalue weighted by atomic mass is 9.95. The predicted molar refractivity (Wildman–Crippen MR) is 102 cm³/mol. The monoisotopic (exact) mass is 415 g/mol. The van der Waals surface area contributed by atoms with E-state index in [1.165, 1.54) is 12.1 Å². The topological polar surface area (TPSA) is 70.3 Å². The highest BCUT2D eigenvalue weighted by Crippen LogP contribution is 2.36. The normalized spacial score (nSPS) is 11.6. The molecule has 0 fully saturated rings. The number of hydrogen-bond acceptors (Lipinski definition) is 6. The molecule has 0 unspecified atom stereocenters. The minimum absolute atomic E-state index is 0.119. The fraction of sp³-hybridized carbons (Fsp3) is 0.190. The molecule has 2 aromatic carbocycles. The molecule has 0 aliphatic carbocycles. The van der Waals surface area contributed by atoms with Gasteiger partial charge >= 0.3 is 6.36 Å². The molecule has 0 N–H and O–H groups in total. The van der Waals surface area contributed by atoms with Crippen LogP contribution in [0.4, 0.5) is 13.2 Å². The molecule has 154 valence electrons. The van der Waals surface area contributed by atoms with E-state index < -0.39 is 6.36 Å². The summed E-state index contributed by atoms with van der Waals surface area (Å²) in [5.74, 6) is 0.518. The molecule has 9 heteroatoms. The largest absolute Gasteiger partial charge is 0.573 e. The highest BCUT2D eigenvalue weighted by atomic mass is 19.4. The van der Waals surface area contributed by atoms with Crippen molar-refractivity contribution in [1.82, 2.24) is 15.1 Å². The molecular weight excluding hydrogens is 399 g/mol. The van der Waals surface area contributed by atoms with E-state index in [1.54, 1.807) is 31.5 Å². The molecule has 0 radical (unpaired) electrons. The van der Waals surface area contributed by atoms with Crippen LogP contribution in [-0.4, -0.2) is 21.5 Å². The fourth-order valence-corrected chi connectivity index (χ4v) is 3.13. The summed E-state index contributed by atoms with van der Waals surface area (Å²) >= 11 is 0. The van der Waals surface area contributed by atoms with Crippen LogP contribution in [-0.2, 0) is 6.61 Å². The maximum Gasteiger partial charge on any atom is 0.573 e. The lowest BCUT2D eigenvalue weighted by molar-refractivity contribution is -0.274. The Morgan fingerprint density at radius 1 is 0.967 bits per heavy atom. The Kier molecular flexibility index (Phi) is 5.03. The summed E-state index contributed by atoms with van der Waals surface area (Å²) < 4.78 is 52.5. The number of aromatic nitrogens is 3. The molecule has 0 aliphatic heterocycles. The first-order valence-corrected chi connectivity index (χ1v) is 8.95. The summed E-state index contributed by atoms with van der Waals surface area (Å²) in [6.45, 7) is 3.73. The van der Waals surface area contributed by atoms with E-state index in [2.05, 4.69) is 19.9 Å². The zero-order valence-corrected chi connectivity index (χ0v) is 16.0. The van der Waals surface area contributed by atoms with Gasteiger partial charge in [0.05, 0.1) is 5.39 Å². The number of halogens is 3. The standard InChI is InChI=1S/C21H16F3N3O3/c1-12-8-14(29-21(22,23)24)4-5-15(12)16-10-17-18(9-13(16)2)30-27-20(17)28-11-19-25-6-3-7-26-19/h3-10H,11H2,1-2H3. The third-order valence-corrected chi connectivity index (χ3v) is 4.46. The molecule has 4 rings (SSSR count). The minimum Gasteiger partial charge on any atom is -0.467 e. The van der Waals surface area contributed by atoms with Gasteiger partial charge in [0.2, 0.25) is 0 Å². The highest BCUT2D eigenvalue weighted by Gasteiger charge is 2.31. The molecule has 2 heterocycles. The first kappa shape index (κ1) is 19.7. The molecule has 0 saturated heterocycles. The Labute approximate surface area is 169 Å². The van der Waals surface area contributed by atoms with Gasteiger partial charge in [0.1, 0.15) is 12.4 Å². The van der Waals surface area contributed by atoms with Crippen molar-refractivity contribution in [3.63, 3.8) is 0 Å². The number of fused-ring (bicyclic) bond motifs is 1. The molecule has 0 atom stereocenters. The van der Waals surface area contributed by atoms with Gasteiger partial charge in [0.15, 0.2) is 11.4 Å². The molecule has 0 bridgehead atoms. The van der Waals surface area contributed by atoms with Crippen LogP contribution in [0.1, 0.15) is 17.0 Å². The van der Waals surface area contributed by atoms with Crippen LogP contribution in [0, 0.1) is 13.8 Å². The van der Waals surface area contributed by atoms with Crippen molar-refractivity contribution in [1.29, 1.82) is 0 Å². The zero-order chi connectivity index (χ0) is 21.3. The SMILES string of the molecule is Cc1cc(OC(F)(F)F)ccc1-c1cc2c(OCc3ncccn3)noc2cc1C. The van der Waals surface area contributed by atoms with Crippen LogP contribution >= 0.6 is 0 Å². The van der Waals surface area contributed by atoms with E-state index in [4.69, 9.17) is 9.26 Å². The van der Waals surface area contributed by atoms with E-state index in [0.29, 0.717) is 22.4 Å². The molecule has 30 heavy (non-hydrogen) atoms. The van der Waals surface area contributed by atoms with E-state index in [-0.39, 0.29) is 18.2 Å². The predicted octanol–water partition coefficient (Wildman–Crippen LogP) is 5.38. The minimum atomic E-state index is -4.74. The molecule has 0 saturated carbocycles. The van der Waals surface area contributed by atoms with E-state index in [1.807, 2.05) is 19.1 Å². The molecule has 0 spiro atoms. The third kappa shape index (κ3) is 4.19. The number of rotatable bonds is 5. The summed E-state index contributed by atoms with van der Waals surface area (Å²) in [6, 6.07) is 9.59. The third-order valence-electron chi connectivity index (χ3n) is 4.46. The van der Waals surface area contributed by atoms with E-state index in [0.717, 1.165) is 16.7 Å². The summed E-state index contributed by atoms with van der Waals surface area (Å²) in [5, 5.41) is 4.61. The number of hydrogen-bond donors (Lipinski definition) is 0. The summed E-state index contributed by atoms with van der Waals surface area (Å²) in [5.41, 5.74) is 3.64. The van der Waals surface area contributed by atoms with Crippen molar-refractivity contribution in [2.24, 2.45) is 0 Å². The molecular formula is C21H16F3N3O3. The average molecular weight is 415 g/mol. The number of nitrogens with zero attached hydrogens (tertiary/aromatic N) is 3. The van der Waals surface area contributed by atoms with Gasteiger partial charge in [0, 0.05) is 12.4 Å². The van der Waals surface area contributed by atoms with Crippen molar-refractivity contribution in [3.05, 3.63) is 65.7 Å². The number of benzene rings is 2. The second-order valence-corrected chi connectivity index (χ2v) is 6.63. The first-order chi connectivity index (χ1) is 14.3. The maximum absolute atomic E-state index is 12.5. The summed E-state index contributed by atoms with van der Waals surface area (Å²) in [4.78, 5) is 8.19. The Morgan fingerprint density at radius 3 is 2.40 bits per heavy atom.